The Labute approximate surface area is 171 Å². The normalized spacial score (nSPS) is 11.1. The van der Waals surface area contributed by atoms with Crippen molar-refractivity contribution in [1.82, 2.24) is 24.6 Å². The van der Waals surface area contributed by atoms with Gasteiger partial charge in [0, 0.05) is 24.3 Å². The lowest BCUT2D eigenvalue weighted by Gasteiger charge is -2.08. The fourth-order valence-corrected chi connectivity index (χ4v) is 3.60. The number of benzene rings is 2. The maximum atomic E-state index is 12.5. The molecular weight excluding hydrogens is 397 g/mol. The molecule has 6 nitrogen and oxygen atoms in total. The largest absolute Gasteiger partial charge is 0.350 e. The molecule has 0 aliphatic heterocycles. The van der Waals surface area contributed by atoms with Gasteiger partial charge in [0.2, 0.25) is 0 Å². The van der Waals surface area contributed by atoms with E-state index in [1.54, 1.807) is 29.1 Å². The first-order chi connectivity index (χ1) is 13.5. The van der Waals surface area contributed by atoms with Crippen molar-refractivity contribution in [3.05, 3.63) is 76.3 Å². The number of hydrogen-bond donors (Lipinski definition) is 1. The van der Waals surface area contributed by atoms with Gasteiger partial charge in [-0.1, -0.05) is 35.3 Å². The first kappa shape index (κ1) is 18.5. The minimum absolute atomic E-state index is 0.196. The third-order valence-corrected chi connectivity index (χ3v) is 5.01. The highest BCUT2D eigenvalue weighted by Crippen LogP contribution is 2.24. The third-order valence-electron chi connectivity index (χ3n) is 4.47. The lowest BCUT2D eigenvalue weighted by molar-refractivity contribution is 0.0952. The molecular formula is C20H17Cl2N5O. The molecule has 4 aromatic rings. The molecule has 2 heterocycles. The number of fused-ring (bicyclic) bond motifs is 1. The molecule has 0 saturated heterocycles. The van der Waals surface area contributed by atoms with Gasteiger partial charge in [-0.25, -0.2) is 9.67 Å². The van der Waals surface area contributed by atoms with Gasteiger partial charge in [0.1, 0.15) is 5.82 Å². The molecule has 0 aliphatic rings. The van der Waals surface area contributed by atoms with Crippen LogP contribution in [0.3, 0.4) is 0 Å². The summed E-state index contributed by atoms with van der Waals surface area (Å²) in [5, 5.41) is 8.15. The van der Waals surface area contributed by atoms with Crippen LogP contribution in [0.15, 0.2) is 54.9 Å². The van der Waals surface area contributed by atoms with Crippen LogP contribution in [0.25, 0.3) is 16.7 Å². The van der Waals surface area contributed by atoms with Crippen molar-refractivity contribution in [2.75, 3.05) is 6.54 Å². The van der Waals surface area contributed by atoms with Crippen molar-refractivity contribution in [2.45, 2.75) is 13.5 Å². The van der Waals surface area contributed by atoms with Crippen LogP contribution in [0.2, 0.25) is 10.0 Å². The van der Waals surface area contributed by atoms with E-state index in [0.29, 0.717) is 34.4 Å². The Morgan fingerprint density at radius 2 is 2.00 bits per heavy atom. The van der Waals surface area contributed by atoms with Gasteiger partial charge < -0.3 is 9.88 Å². The summed E-state index contributed by atoms with van der Waals surface area (Å²) in [7, 11) is 0. The number of amides is 1. The van der Waals surface area contributed by atoms with Crippen LogP contribution in [0, 0.1) is 6.92 Å². The summed E-state index contributed by atoms with van der Waals surface area (Å²) in [5.41, 5.74) is 3.12. The highest BCUT2D eigenvalue weighted by atomic mass is 35.5. The summed E-state index contributed by atoms with van der Waals surface area (Å²) >= 11 is 12.1. The second-order valence-corrected chi connectivity index (χ2v) is 7.17. The maximum Gasteiger partial charge on any atom is 0.254 e. The van der Waals surface area contributed by atoms with Crippen molar-refractivity contribution in [2.24, 2.45) is 0 Å². The van der Waals surface area contributed by atoms with E-state index in [4.69, 9.17) is 23.2 Å². The van der Waals surface area contributed by atoms with Gasteiger partial charge in [-0.2, -0.15) is 5.10 Å². The van der Waals surface area contributed by atoms with Crippen molar-refractivity contribution in [1.29, 1.82) is 0 Å². The Morgan fingerprint density at radius 1 is 1.18 bits per heavy atom. The minimum atomic E-state index is -0.196. The average Bonchev–Trinajstić information content (AvgIpc) is 3.27. The van der Waals surface area contributed by atoms with E-state index in [9.17, 15) is 4.79 Å². The van der Waals surface area contributed by atoms with Gasteiger partial charge in [0.25, 0.3) is 5.91 Å². The van der Waals surface area contributed by atoms with E-state index >= 15 is 0 Å². The van der Waals surface area contributed by atoms with Crippen molar-refractivity contribution >= 4 is 40.1 Å². The number of imidazole rings is 1. The van der Waals surface area contributed by atoms with Gasteiger partial charge in [0.15, 0.2) is 0 Å². The predicted octanol–water partition coefficient (Wildman–Crippen LogP) is 4.27. The number of nitrogens with one attached hydrogen (secondary N) is 1. The quantitative estimate of drug-likeness (QED) is 0.531. The summed E-state index contributed by atoms with van der Waals surface area (Å²) in [6.07, 6.45) is 3.15. The summed E-state index contributed by atoms with van der Waals surface area (Å²) in [4.78, 5) is 17.0. The fraction of sp³-hybridized carbons (Fsp3) is 0.150. The molecule has 0 bridgehead atoms. The molecule has 1 amide bonds. The SMILES string of the molecule is Cc1nc2ccccc2n1CCNC(=O)c1cnn(-c2ccc(Cl)cc2Cl)c1. The average molecular weight is 414 g/mol. The second-order valence-electron chi connectivity index (χ2n) is 6.32. The van der Waals surface area contributed by atoms with E-state index in [0.717, 1.165) is 16.9 Å². The fourth-order valence-electron chi connectivity index (χ4n) is 3.10. The number of para-hydroxylation sites is 2. The summed E-state index contributed by atoms with van der Waals surface area (Å²) in [6, 6.07) is 13.1. The van der Waals surface area contributed by atoms with Crippen LogP contribution in [0.1, 0.15) is 16.2 Å². The summed E-state index contributed by atoms with van der Waals surface area (Å²) < 4.78 is 3.65. The van der Waals surface area contributed by atoms with Gasteiger partial charge in [-0.15, -0.1) is 0 Å². The number of nitrogens with zero attached hydrogens (tertiary/aromatic N) is 4. The first-order valence-corrected chi connectivity index (χ1v) is 9.48. The number of aryl methyl sites for hydroxylation is 1. The first-order valence-electron chi connectivity index (χ1n) is 8.73. The molecule has 0 fully saturated rings. The van der Waals surface area contributed by atoms with Gasteiger partial charge in [0.05, 0.1) is 33.5 Å². The third kappa shape index (κ3) is 3.61. The Balaban J connectivity index is 1.43. The zero-order valence-electron chi connectivity index (χ0n) is 15.1. The molecule has 4 rings (SSSR count). The Morgan fingerprint density at radius 3 is 2.82 bits per heavy atom. The number of rotatable bonds is 5. The van der Waals surface area contributed by atoms with Crippen LogP contribution in [-0.2, 0) is 6.54 Å². The Kier molecular flexibility index (Phi) is 5.07. The molecule has 28 heavy (non-hydrogen) atoms. The molecule has 0 spiro atoms. The number of aromatic nitrogens is 4. The molecule has 0 aliphatic carbocycles. The summed E-state index contributed by atoms with van der Waals surface area (Å²) in [5.74, 6) is 0.721. The van der Waals surface area contributed by atoms with Gasteiger partial charge in [-0.05, 0) is 37.3 Å². The van der Waals surface area contributed by atoms with Gasteiger partial charge in [-0.3, -0.25) is 4.79 Å². The Hall–Kier alpha value is -2.83. The van der Waals surface area contributed by atoms with E-state index in [1.165, 1.54) is 6.20 Å². The monoisotopic (exact) mass is 413 g/mol. The minimum Gasteiger partial charge on any atom is -0.350 e. The number of halogens is 2. The van der Waals surface area contributed by atoms with Crippen LogP contribution in [0.5, 0.6) is 0 Å². The van der Waals surface area contributed by atoms with Crippen LogP contribution in [-0.4, -0.2) is 31.8 Å². The molecule has 142 valence electrons. The van der Waals surface area contributed by atoms with E-state index < -0.39 is 0 Å². The number of hydrogen-bond acceptors (Lipinski definition) is 3. The van der Waals surface area contributed by atoms with Crippen molar-refractivity contribution in [3.63, 3.8) is 0 Å². The van der Waals surface area contributed by atoms with E-state index in [1.807, 2.05) is 31.2 Å². The molecule has 2 aromatic heterocycles. The molecule has 0 saturated carbocycles. The molecule has 2 aromatic carbocycles. The van der Waals surface area contributed by atoms with Gasteiger partial charge >= 0.3 is 0 Å². The van der Waals surface area contributed by atoms with Crippen LogP contribution < -0.4 is 5.32 Å². The van der Waals surface area contributed by atoms with Crippen molar-refractivity contribution < 1.29 is 4.79 Å². The zero-order valence-corrected chi connectivity index (χ0v) is 16.6. The number of carbonyl (C=O) groups excluding carboxylic acids is 1. The van der Waals surface area contributed by atoms with E-state index in [-0.39, 0.29) is 5.91 Å². The topological polar surface area (TPSA) is 64.7 Å². The molecule has 0 unspecified atom stereocenters. The molecule has 8 heteroatoms. The smallest absolute Gasteiger partial charge is 0.254 e. The predicted molar refractivity (Wildman–Crippen MR) is 110 cm³/mol. The standard InChI is InChI=1S/C20H17Cl2N5O/c1-13-25-17-4-2-3-5-19(17)26(13)9-8-23-20(28)14-11-24-27(12-14)18-7-6-15(21)10-16(18)22/h2-7,10-12H,8-9H2,1H3,(H,23,28). The van der Waals surface area contributed by atoms with Crippen LogP contribution in [0.4, 0.5) is 0 Å². The lowest BCUT2D eigenvalue weighted by atomic mass is 10.3. The summed E-state index contributed by atoms with van der Waals surface area (Å²) in [6.45, 7) is 3.07. The Bertz CT molecular complexity index is 1160. The second kappa shape index (κ2) is 7.66. The lowest BCUT2D eigenvalue weighted by Crippen LogP contribution is -2.27. The highest BCUT2D eigenvalue weighted by molar-refractivity contribution is 6.35. The highest BCUT2D eigenvalue weighted by Gasteiger charge is 2.12. The zero-order chi connectivity index (χ0) is 19.7. The van der Waals surface area contributed by atoms with Crippen LogP contribution >= 0.6 is 23.2 Å². The molecule has 0 atom stereocenters. The maximum absolute atomic E-state index is 12.5. The number of carbonyl (C=O) groups is 1. The molecule has 0 radical (unpaired) electrons. The van der Waals surface area contributed by atoms with E-state index in [2.05, 4.69) is 20.0 Å². The molecule has 1 N–H and O–H groups in total. The van der Waals surface area contributed by atoms with Crippen molar-refractivity contribution in [3.8, 4) is 5.69 Å².